The molecule has 1 amide bonds. The molecule has 3 heterocycles. The van der Waals surface area contributed by atoms with Gasteiger partial charge in [0.1, 0.15) is 42.3 Å². The molecular formula is C30H25N5O14. The number of rotatable bonds is 11. The molecule has 0 bridgehead atoms. The summed E-state index contributed by atoms with van der Waals surface area (Å²) in [6, 6.07) is 1.69. The number of pyridine rings is 1. The third-order valence-electron chi connectivity index (χ3n) is 7.38. The highest BCUT2D eigenvalue weighted by Gasteiger charge is 2.27. The van der Waals surface area contributed by atoms with Crippen molar-refractivity contribution in [2.45, 2.75) is 39.0 Å². The monoisotopic (exact) mass is 679 g/mol. The van der Waals surface area contributed by atoms with Gasteiger partial charge in [-0.15, -0.1) is 5.10 Å². The number of hydrogen-bond acceptors (Lipinski definition) is 14. The maximum atomic E-state index is 13.8. The minimum absolute atomic E-state index is 0.0360. The summed E-state index contributed by atoms with van der Waals surface area (Å²) in [6.07, 6.45) is 1.22. The molecule has 0 saturated heterocycles. The summed E-state index contributed by atoms with van der Waals surface area (Å²) >= 11 is 0. The van der Waals surface area contributed by atoms with Crippen LogP contribution in [0.4, 0.5) is 0 Å². The Bertz CT molecular complexity index is 2310. The molecule has 0 unspecified atom stereocenters. The first kappa shape index (κ1) is 33.4. The highest BCUT2D eigenvalue weighted by Crippen LogP contribution is 2.37. The molecule has 19 nitrogen and oxygen atoms in total. The second-order valence-electron chi connectivity index (χ2n) is 10.7. The van der Waals surface area contributed by atoms with Gasteiger partial charge >= 0.3 is 17.9 Å². The van der Waals surface area contributed by atoms with E-state index in [-0.39, 0.29) is 45.3 Å². The number of aryl methyl sites for hydroxylation is 1. The molecule has 5 aromatic rings. The van der Waals surface area contributed by atoms with Gasteiger partial charge in [0.2, 0.25) is 11.3 Å². The topological polar surface area (TPSA) is 305 Å². The molecule has 0 aliphatic rings. The Balaban J connectivity index is 1.41. The van der Waals surface area contributed by atoms with Crippen molar-refractivity contribution in [3.63, 3.8) is 0 Å². The summed E-state index contributed by atoms with van der Waals surface area (Å²) in [5.41, 5.74) is -3.18. The third kappa shape index (κ3) is 6.66. The zero-order valence-corrected chi connectivity index (χ0v) is 25.1. The molecule has 8 N–H and O–H groups in total. The van der Waals surface area contributed by atoms with Gasteiger partial charge in [-0.1, -0.05) is 5.21 Å². The van der Waals surface area contributed by atoms with Crippen LogP contribution in [0, 0.1) is 6.92 Å². The SMILES string of the molecule is Cc1c(-c2coc3cc(O)c(O)c(C(=O)OCc4cn(CC(=O)N[C@@H](CCC(=O)O)C(=O)O)nn4)c3c2=O)c(=O)[nH]c2cc(O)c(O)cc12. The zero-order chi connectivity index (χ0) is 35.7. The van der Waals surface area contributed by atoms with Crippen LogP contribution in [0.2, 0.25) is 0 Å². The molecule has 0 aliphatic heterocycles. The van der Waals surface area contributed by atoms with Crippen LogP contribution in [0.3, 0.4) is 0 Å². The molecule has 3 aromatic heterocycles. The number of aromatic nitrogens is 4. The second kappa shape index (κ2) is 13.1. The van der Waals surface area contributed by atoms with Gasteiger partial charge in [0, 0.05) is 23.9 Å². The molecule has 49 heavy (non-hydrogen) atoms. The Hall–Kier alpha value is -6.92. The fourth-order valence-electron chi connectivity index (χ4n) is 5.05. The summed E-state index contributed by atoms with van der Waals surface area (Å²) < 4.78 is 11.7. The van der Waals surface area contributed by atoms with Gasteiger partial charge in [-0.05, 0) is 25.0 Å². The molecule has 2 aromatic carbocycles. The molecule has 19 heteroatoms. The highest BCUT2D eigenvalue weighted by molar-refractivity contribution is 6.07. The van der Waals surface area contributed by atoms with Gasteiger partial charge in [0.15, 0.2) is 23.0 Å². The molecule has 0 radical (unpaired) electrons. The number of benzene rings is 2. The number of carbonyl (C=O) groups excluding carboxylic acids is 2. The van der Waals surface area contributed by atoms with Crippen molar-refractivity contribution < 1.29 is 59.0 Å². The van der Waals surface area contributed by atoms with Gasteiger partial charge in [-0.3, -0.25) is 19.2 Å². The number of esters is 1. The van der Waals surface area contributed by atoms with E-state index in [0.29, 0.717) is 0 Å². The summed E-state index contributed by atoms with van der Waals surface area (Å²) in [5.74, 6) is -7.72. The van der Waals surface area contributed by atoms with Crippen molar-refractivity contribution in [3.8, 4) is 34.1 Å². The number of amides is 1. The molecule has 0 aliphatic carbocycles. The normalized spacial score (nSPS) is 11.8. The number of hydrogen-bond donors (Lipinski definition) is 8. The van der Waals surface area contributed by atoms with Crippen LogP contribution in [0.1, 0.15) is 34.5 Å². The average Bonchev–Trinajstić information content (AvgIpc) is 3.47. The van der Waals surface area contributed by atoms with E-state index in [1.807, 2.05) is 0 Å². The van der Waals surface area contributed by atoms with Gasteiger partial charge < -0.3 is 50.1 Å². The molecule has 0 saturated carbocycles. The van der Waals surface area contributed by atoms with Crippen molar-refractivity contribution in [2.24, 2.45) is 0 Å². The number of phenolic OH excluding ortho intramolecular Hbond substituents is 4. The van der Waals surface area contributed by atoms with E-state index in [2.05, 4.69) is 20.6 Å². The van der Waals surface area contributed by atoms with Crippen LogP contribution in [-0.4, -0.2) is 80.5 Å². The first-order valence-electron chi connectivity index (χ1n) is 14.1. The standard InChI is InChI=1S/C30H25N5O14/c1-11-13-4-17(36)18(37)5-16(13)32-28(44)23(11)14-10-48-20-6-19(38)27(43)25(24(20)26(14)42)30(47)49-9-12-7-35(34-33-12)8-21(39)31-15(29(45)46)2-3-22(40)41/h4-7,10,15,36-38,43H,2-3,8-9H2,1H3,(H,31,39)(H,32,44)(H,40,41)(H,45,46)/t15-/m0/s1. The number of nitrogens with zero attached hydrogens (tertiary/aromatic N) is 3. The predicted octanol–water partition coefficient (Wildman–Crippen LogP) is 0.815. The van der Waals surface area contributed by atoms with E-state index in [1.165, 1.54) is 19.2 Å². The Kier molecular flexibility index (Phi) is 8.91. The number of nitrogens with one attached hydrogen (secondary N) is 2. The number of carboxylic acids is 2. The fraction of sp³-hybridized carbons (Fsp3) is 0.200. The van der Waals surface area contributed by atoms with Crippen molar-refractivity contribution >= 4 is 45.7 Å². The summed E-state index contributed by atoms with van der Waals surface area (Å²) in [5, 5.41) is 68.0. The highest BCUT2D eigenvalue weighted by atomic mass is 16.5. The smallest absolute Gasteiger partial charge is 0.343 e. The number of carbonyl (C=O) groups is 4. The molecule has 0 spiro atoms. The predicted molar refractivity (Wildman–Crippen MR) is 163 cm³/mol. The van der Waals surface area contributed by atoms with E-state index >= 15 is 0 Å². The number of phenols is 4. The third-order valence-corrected chi connectivity index (χ3v) is 7.38. The second-order valence-corrected chi connectivity index (χ2v) is 10.7. The van der Waals surface area contributed by atoms with E-state index in [4.69, 9.17) is 14.3 Å². The largest absolute Gasteiger partial charge is 0.504 e. The van der Waals surface area contributed by atoms with E-state index < -0.39 is 94.4 Å². The summed E-state index contributed by atoms with van der Waals surface area (Å²) in [4.78, 5) is 77.0. The number of carboxylic acid groups (broad SMARTS) is 2. The van der Waals surface area contributed by atoms with Crippen LogP contribution in [0.15, 0.2) is 44.7 Å². The lowest BCUT2D eigenvalue weighted by molar-refractivity contribution is -0.143. The van der Waals surface area contributed by atoms with Crippen molar-refractivity contribution in [3.05, 3.63) is 68.1 Å². The Morgan fingerprint density at radius 3 is 2.45 bits per heavy atom. The number of fused-ring (bicyclic) bond motifs is 2. The lowest BCUT2D eigenvalue weighted by Gasteiger charge is -2.13. The minimum atomic E-state index is -1.47. The molecule has 254 valence electrons. The van der Waals surface area contributed by atoms with Crippen molar-refractivity contribution in [1.29, 1.82) is 0 Å². The lowest BCUT2D eigenvalue weighted by atomic mass is 9.97. The molecule has 5 rings (SSSR count). The first-order valence-corrected chi connectivity index (χ1v) is 14.1. The van der Waals surface area contributed by atoms with Crippen LogP contribution in [-0.2, 0) is 32.3 Å². The fourth-order valence-corrected chi connectivity index (χ4v) is 5.05. The lowest BCUT2D eigenvalue weighted by Crippen LogP contribution is -2.42. The van der Waals surface area contributed by atoms with Crippen LogP contribution >= 0.6 is 0 Å². The van der Waals surface area contributed by atoms with E-state index in [1.54, 1.807) is 0 Å². The molecule has 0 fully saturated rings. The average molecular weight is 680 g/mol. The van der Waals surface area contributed by atoms with Gasteiger partial charge in [0.05, 0.1) is 28.2 Å². The maximum Gasteiger partial charge on any atom is 0.343 e. The minimum Gasteiger partial charge on any atom is -0.504 e. The summed E-state index contributed by atoms with van der Waals surface area (Å²) in [6.45, 7) is 0.309. The Labute approximate surface area is 271 Å². The number of aromatic amines is 1. The number of aliphatic carboxylic acids is 2. The number of aromatic hydroxyl groups is 4. The molecule has 1 atom stereocenters. The van der Waals surface area contributed by atoms with Crippen molar-refractivity contribution in [1.82, 2.24) is 25.3 Å². The Morgan fingerprint density at radius 1 is 1.04 bits per heavy atom. The van der Waals surface area contributed by atoms with Crippen LogP contribution in [0.5, 0.6) is 23.0 Å². The summed E-state index contributed by atoms with van der Waals surface area (Å²) in [7, 11) is 0. The quantitative estimate of drug-likeness (QED) is 0.0707. The first-order chi connectivity index (χ1) is 23.2. The number of H-pyrrole nitrogens is 1. The van der Waals surface area contributed by atoms with Gasteiger partial charge in [0.25, 0.3) is 5.56 Å². The van der Waals surface area contributed by atoms with Crippen LogP contribution < -0.4 is 16.3 Å². The van der Waals surface area contributed by atoms with Crippen LogP contribution in [0.25, 0.3) is 33.0 Å². The maximum absolute atomic E-state index is 13.8. The van der Waals surface area contributed by atoms with E-state index in [0.717, 1.165) is 23.1 Å². The number of ether oxygens (including phenoxy) is 1. The zero-order valence-electron chi connectivity index (χ0n) is 25.1. The van der Waals surface area contributed by atoms with Gasteiger partial charge in [-0.2, -0.15) is 0 Å². The Morgan fingerprint density at radius 2 is 1.76 bits per heavy atom. The van der Waals surface area contributed by atoms with Crippen molar-refractivity contribution in [2.75, 3.05) is 0 Å². The molecular weight excluding hydrogens is 654 g/mol. The van der Waals surface area contributed by atoms with Gasteiger partial charge in [-0.25, -0.2) is 14.3 Å². The van der Waals surface area contributed by atoms with E-state index in [9.17, 15) is 54.3 Å².